The Hall–Kier alpha value is -2.11. The number of carbonyl (C=O) groups is 3. The molecular formula is C65H122O6. The van der Waals surface area contributed by atoms with E-state index in [1.54, 1.807) is 0 Å². The van der Waals surface area contributed by atoms with Crippen LogP contribution in [-0.2, 0) is 28.6 Å². The highest BCUT2D eigenvalue weighted by molar-refractivity contribution is 5.71. The van der Waals surface area contributed by atoms with Gasteiger partial charge < -0.3 is 14.2 Å². The number of unbranched alkanes of at least 4 members (excludes halogenated alkanes) is 44. The molecule has 1 atom stereocenters. The van der Waals surface area contributed by atoms with Gasteiger partial charge in [-0.25, -0.2) is 0 Å². The van der Waals surface area contributed by atoms with Crippen molar-refractivity contribution in [3.63, 3.8) is 0 Å². The summed E-state index contributed by atoms with van der Waals surface area (Å²) in [5, 5.41) is 0. The number of rotatable bonds is 59. The van der Waals surface area contributed by atoms with Gasteiger partial charge in [0.1, 0.15) is 13.2 Å². The summed E-state index contributed by atoms with van der Waals surface area (Å²) in [7, 11) is 0. The first-order chi connectivity index (χ1) is 35.0. The van der Waals surface area contributed by atoms with Gasteiger partial charge in [0.05, 0.1) is 0 Å². The summed E-state index contributed by atoms with van der Waals surface area (Å²) in [6.07, 6.45) is 72.1. The Labute approximate surface area is 443 Å². The average Bonchev–Trinajstić information content (AvgIpc) is 3.37. The van der Waals surface area contributed by atoms with Crippen LogP contribution in [0.2, 0.25) is 0 Å². The first-order valence-electron chi connectivity index (χ1n) is 31.8. The summed E-state index contributed by atoms with van der Waals surface area (Å²) in [5.74, 6) is -0.865. The number of carbonyl (C=O) groups excluding carboxylic acids is 3. The molecule has 6 heteroatoms. The second kappa shape index (κ2) is 60.4. The van der Waals surface area contributed by atoms with Crippen molar-refractivity contribution < 1.29 is 28.6 Å². The maximum Gasteiger partial charge on any atom is 0.306 e. The van der Waals surface area contributed by atoms with Crippen LogP contribution in [0.15, 0.2) is 24.3 Å². The molecule has 0 aliphatic carbocycles. The van der Waals surface area contributed by atoms with Gasteiger partial charge in [-0.2, -0.15) is 0 Å². The van der Waals surface area contributed by atoms with Crippen LogP contribution in [0.4, 0.5) is 0 Å². The van der Waals surface area contributed by atoms with E-state index in [9.17, 15) is 14.4 Å². The quantitative estimate of drug-likeness (QED) is 0.0261. The number of hydrogen-bond acceptors (Lipinski definition) is 6. The standard InChI is InChI=1S/C65H122O6/c1-4-7-10-13-16-19-22-24-26-27-28-29-30-31-32-33-34-35-36-37-38-40-41-43-46-49-52-55-58-64(67)70-61-62(60-69-63(66)57-54-51-48-45-21-18-15-12-9-6-3)71-65(68)59-56-53-50-47-44-42-39-25-23-20-17-14-11-8-5-2/h17,20,25,39,62H,4-16,18-19,21-24,26-38,40-61H2,1-3H3/b20-17-,39-25-. The Kier molecular flexibility index (Phi) is 58.6. The van der Waals surface area contributed by atoms with Gasteiger partial charge in [0.15, 0.2) is 6.10 Å². The van der Waals surface area contributed by atoms with Gasteiger partial charge in [0.2, 0.25) is 0 Å². The Balaban J connectivity index is 4.10. The zero-order valence-corrected chi connectivity index (χ0v) is 48.0. The fraction of sp³-hybridized carbons (Fsp3) is 0.892. The minimum absolute atomic E-state index is 0.0716. The molecule has 0 N–H and O–H groups in total. The summed E-state index contributed by atoms with van der Waals surface area (Å²) in [6.45, 7) is 6.65. The summed E-state index contributed by atoms with van der Waals surface area (Å²) >= 11 is 0. The van der Waals surface area contributed by atoms with Crippen LogP contribution in [0, 0.1) is 0 Å². The molecule has 0 spiro atoms. The highest BCUT2D eigenvalue weighted by Gasteiger charge is 2.19. The Morgan fingerprint density at radius 2 is 0.507 bits per heavy atom. The van der Waals surface area contributed by atoms with E-state index in [2.05, 4.69) is 45.1 Å². The molecule has 0 rings (SSSR count). The number of esters is 3. The first-order valence-corrected chi connectivity index (χ1v) is 31.8. The lowest BCUT2D eigenvalue weighted by Crippen LogP contribution is -2.30. The highest BCUT2D eigenvalue weighted by atomic mass is 16.6. The van der Waals surface area contributed by atoms with Crippen LogP contribution < -0.4 is 0 Å². The van der Waals surface area contributed by atoms with Crippen molar-refractivity contribution in [3.05, 3.63) is 24.3 Å². The van der Waals surface area contributed by atoms with Crippen molar-refractivity contribution >= 4 is 17.9 Å². The Bertz CT molecular complexity index is 1150. The van der Waals surface area contributed by atoms with Crippen molar-refractivity contribution in [1.82, 2.24) is 0 Å². The SMILES string of the molecule is CCCCC/C=C\C/C=C\CCCCCCCC(=O)OC(COC(=O)CCCCCCCCCCCC)COC(=O)CCCCCCCCCCCCCCCCCCCCCCCCCCCCCC. The largest absolute Gasteiger partial charge is 0.462 e. The molecule has 0 aliphatic rings. The maximum absolute atomic E-state index is 12.8. The highest BCUT2D eigenvalue weighted by Crippen LogP contribution is 2.18. The van der Waals surface area contributed by atoms with Crippen LogP contribution in [0.25, 0.3) is 0 Å². The zero-order valence-electron chi connectivity index (χ0n) is 48.0. The molecule has 0 aromatic heterocycles. The number of allylic oxidation sites excluding steroid dienone is 4. The molecule has 0 aliphatic heterocycles. The van der Waals surface area contributed by atoms with Crippen molar-refractivity contribution in [2.24, 2.45) is 0 Å². The molecule has 0 aromatic rings. The predicted molar refractivity (Wildman–Crippen MR) is 307 cm³/mol. The molecule has 0 heterocycles. The lowest BCUT2D eigenvalue weighted by molar-refractivity contribution is -0.167. The topological polar surface area (TPSA) is 78.9 Å². The molecule has 0 radical (unpaired) electrons. The fourth-order valence-electron chi connectivity index (χ4n) is 9.65. The van der Waals surface area contributed by atoms with E-state index in [-0.39, 0.29) is 31.1 Å². The molecule has 0 saturated heterocycles. The lowest BCUT2D eigenvalue weighted by atomic mass is 10.0. The van der Waals surface area contributed by atoms with Crippen molar-refractivity contribution in [3.8, 4) is 0 Å². The monoisotopic (exact) mass is 999 g/mol. The molecule has 0 bridgehead atoms. The minimum Gasteiger partial charge on any atom is -0.462 e. The summed E-state index contributed by atoms with van der Waals surface area (Å²) in [4.78, 5) is 38.1. The third-order valence-corrected chi connectivity index (χ3v) is 14.5. The molecule has 6 nitrogen and oxygen atoms in total. The lowest BCUT2D eigenvalue weighted by Gasteiger charge is -2.18. The molecule has 0 saturated carbocycles. The van der Waals surface area contributed by atoms with E-state index in [0.717, 1.165) is 77.0 Å². The van der Waals surface area contributed by atoms with Gasteiger partial charge in [-0.15, -0.1) is 0 Å². The zero-order chi connectivity index (χ0) is 51.4. The Morgan fingerprint density at radius 3 is 0.803 bits per heavy atom. The van der Waals surface area contributed by atoms with Crippen LogP contribution in [0.5, 0.6) is 0 Å². The van der Waals surface area contributed by atoms with Crippen LogP contribution in [0.3, 0.4) is 0 Å². The van der Waals surface area contributed by atoms with Gasteiger partial charge in [0, 0.05) is 19.3 Å². The van der Waals surface area contributed by atoms with Gasteiger partial charge >= 0.3 is 17.9 Å². The fourth-order valence-corrected chi connectivity index (χ4v) is 9.65. The molecule has 0 amide bonds. The van der Waals surface area contributed by atoms with Gasteiger partial charge in [-0.3, -0.25) is 14.4 Å². The Morgan fingerprint density at radius 1 is 0.282 bits per heavy atom. The molecule has 1 unspecified atom stereocenters. The van der Waals surface area contributed by atoms with Gasteiger partial charge in [0.25, 0.3) is 0 Å². The van der Waals surface area contributed by atoms with Crippen LogP contribution in [0.1, 0.15) is 355 Å². The van der Waals surface area contributed by atoms with E-state index in [0.29, 0.717) is 19.3 Å². The molecule has 0 aromatic carbocycles. The smallest absolute Gasteiger partial charge is 0.306 e. The van der Waals surface area contributed by atoms with Crippen molar-refractivity contribution in [2.75, 3.05) is 13.2 Å². The molecular weight excluding hydrogens is 877 g/mol. The van der Waals surface area contributed by atoms with E-state index in [1.165, 1.54) is 238 Å². The summed E-state index contributed by atoms with van der Waals surface area (Å²) in [5.41, 5.74) is 0. The molecule has 71 heavy (non-hydrogen) atoms. The normalized spacial score (nSPS) is 12.1. The van der Waals surface area contributed by atoms with E-state index in [1.807, 2.05) is 0 Å². The average molecular weight is 1000 g/mol. The maximum atomic E-state index is 12.8. The second-order valence-corrected chi connectivity index (χ2v) is 21.7. The third kappa shape index (κ3) is 58.7. The predicted octanol–water partition coefficient (Wildman–Crippen LogP) is 21.4. The van der Waals surface area contributed by atoms with Gasteiger partial charge in [-0.1, -0.05) is 308 Å². The van der Waals surface area contributed by atoms with E-state index >= 15 is 0 Å². The van der Waals surface area contributed by atoms with Crippen LogP contribution in [-0.4, -0.2) is 37.2 Å². The number of ether oxygens (including phenoxy) is 3. The third-order valence-electron chi connectivity index (χ3n) is 14.5. The second-order valence-electron chi connectivity index (χ2n) is 21.7. The number of hydrogen-bond donors (Lipinski definition) is 0. The van der Waals surface area contributed by atoms with Crippen LogP contribution >= 0.6 is 0 Å². The minimum atomic E-state index is -0.773. The first kappa shape index (κ1) is 68.9. The van der Waals surface area contributed by atoms with E-state index in [4.69, 9.17) is 14.2 Å². The summed E-state index contributed by atoms with van der Waals surface area (Å²) < 4.78 is 16.9. The molecule has 418 valence electrons. The van der Waals surface area contributed by atoms with Gasteiger partial charge in [-0.05, 0) is 51.4 Å². The van der Waals surface area contributed by atoms with Crippen molar-refractivity contribution in [1.29, 1.82) is 0 Å². The summed E-state index contributed by atoms with van der Waals surface area (Å²) in [6, 6.07) is 0. The van der Waals surface area contributed by atoms with E-state index < -0.39 is 6.10 Å². The molecule has 0 fully saturated rings. The van der Waals surface area contributed by atoms with Crippen molar-refractivity contribution in [2.45, 2.75) is 361 Å².